The Morgan fingerprint density at radius 2 is 2.33 bits per heavy atom. The number of nitrogens with zero attached hydrogens (tertiary/aromatic N) is 1. The van der Waals surface area contributed by atoms with Crippen LogP contribution in [0.3, 0.4) is 0 Å². The number of aromatic nitrogens is 1. The molecule has 1 aliphatic heterocycles. The monoisotopic (exact) mass is 327 g/mol. The number of piperidine rings is 1. The average Bonchev–Trinajstić information content (AvgIpc) is 2.99. The van der Waals surface area contributed by atoms with Gasteiger partial charge >= 0.3 is 6.09 Å². The average molecular weight is 327 g/mol. The Kier molecular flexibility index (Phi) is 3.96. The molecule has 1 amide bonds. The second-order valence-corrected chi connectivity index (χ2v) is 7.10. The first-order chi connectivity index (χ1) is 11.7. The zero-order valence-electron chi connectivity index (χ0n) is 14.3. The van der Waals surface area contributed by atoms with Crippen LogP contribution in [-0.2, 0) is 11.2 Å². The summed E-state index contributed by atoms with van der Waals surface area (Å²) in [6, 6.07) is 7.15. The predicted molar refractivity (Wildman–Crippen MR) is 94.3 cm³/mol. The summed E-state index contributed by atoms with van der Waals surface area (Å²) >= 11 is 0. The van der Waals surface area contributed by atoms with Crippen molar-refractivity contribution < 1.29 is 9.53 Å². The molecule has 1 unspecified atom stereocenters. The van der Waals surface area contributed by atoms with E-state index in [9.17, 15) is 4.79 Å². The molecule has 1 aromatic carbocycles. The first kappa shape index (κ1) is 15.5. The third-order valence-electron chi connectivity index (χ3n) is 5.62. The lowest BCUT2D eigenvalue weighted by Gasteiger charge is -2.45. The molecule has 2 N–H and O–H groups in total. The number of hydrogen-bond donors (Lipinski definition) is 2. The van der Waals surface area contributed by atoms with Gasteiger partial charge in [0.05, 0.1) is 6.61 Å². The van der Waals surface area contributed by atoms with Crippen LogP contribution >= 0.6 is 0 Å². The number of rotatable bonds is 3. The van der Waals surface area contributed by atoms with Gasteiger partial charge in [-0.15, -0.1) is 0 Å². The standard InChI is InChI=1S/C19H25N3O2/c1-3-24-19(23)21-9-12-7-15-14-5-4-6-16-18(14)13(10-20-16)8-17(15)22(2)11-12/h4-6,10,12,15,17,20H,3,7-9,11H2,1-2H3,(H,21,23)/t12-,15?,17+/m0/s1. The van der Waals surface area contributed by atoms with E-state index in [2.05, 4.69) is 46.6 Å². The van der Waals surface area contributed by atoms with Crippen molar-refractivity contribution in [2.45, 2.75) is 31.7 Å². The quantitative estimate of drug-likeness (QED) is 0.911. The highest BCUT2D eigenvalue weighted by atomic mass is 16.5. The molecule has 2 heterocycles. The molecule has 1 fully saturated rings. The largest absolute Gasteiger partial charge is 0.450 e. The Hall–Kier alpha value is -2.01. The van der Waals surface area contributed by atoms with Gasteiger partial charge in [-0.25, -0.2) is 4.79 Å². The number of likely N-dealkylation sites (N-methyl/N-ethyl adjacent to an activating group) is 1. The third-order valence-corrected chi connectivity index (χ3v) is 5.62. The number of nitrogens with one attached hydrogen (secondary N) is 2. The van der Waals surface area contributed by atoms with E-state index in [0.717, 1.165) is 19.4 Å². The number of ether oxygens (including phenoxy) is 1. The number of carbonyl (C=O) groups excluding carboxylic acids is 1. The Bertz CT molecular complexity index is 754. The van der Waals surface area contributed by atoms with Crippen molar-refractivity contribution in [3.8, 4) is 0 Å². The van der Waals surface area contributed by atoms with Crippen LogP contribution in [0.4, 0.5) is 4.79 Å². The molecule has 24 heavy (non-hydrogen) atoms. The molecule has 0 bridgehead atoms. The van der Waals surface area contributed by atoms with Crippen LogP contribution in [0.2, 0.25) is 0 Å². The summed E-state index contributed by atoms with van der Waals surface area (Å²) in [5.41, 5.74) is 4.15. The number of fused-ring (bicyclic) bond motifs is 2. The van der Waals surface area contributed by atoms with Crippen molar-refractivity contribution in [2.75, 3.05) is 26.7 Å². The Labute approximate surface area is 142 Å². The Balaban J connectivity index is 1.56. The van der Waals surface area contributed by atoms with Gasteiger partial charge < -0.3 is 19.9 Å². The molecular formula is C19H25N3O2. The molecule has 5 nitrogen and oxygen atoms in total. The van der Waals surface area contributed by atoms with Gasteiger partial charge in [0.25, 0.3) is 0 Å². The lowest BCUT2D eigenvalue weighted by atomic mass is 9.72. The Morgan fingerprint density at radius 3 is 3.17 bits per heavy atom. The predicted octanol–water partition coefficient (Wildman–Crippen LogP) is 2.87. The number of aromatic amines is 1. The van der Waals surface area contributed by atoms with Gasteiger partial charge in [-0.05, 0) is 49.9 Å². The highest BCUT2D eigenvalue weighted by Gasteiger charge is 2.39. The topological polar surface area (TPSA) is 57.4 Å². The number of benzene rings is 1. The van der Waals surface area contributed by atoms with Gasteiger partial charge in [-0.1, -0.05) is 12.1 Å². The van der Waals surface area contributed by atoms with E-state index in [1.54, 1.807) is 0 Å². The maximum atomic E-state index is 11.6. The molecule has 1 aliphatic carbocycles. The zero-order valence-corrected chi connectivity index (χ0v) is 14.3. The lowest BCUT2D eigenvalue weighted by molar-refractivity contribution is 0.106. The van der Waals surface area contributed by atoms with Gasteiger partial charge in [0.1, 0.15) is 0 Å². The second kappa shape index (κ2) is 6.13. The summed E-state index contributed by atoms with van der Waals surface area (Å²) in [5, 5.41) is 4.34. The van der Waals surface area contributed by atoms with E-state index >= 15 is 0 Å². The van der Waals surface area contributed by atoms with Crippen LogP contribution in [0.15, 0.2) is 24.4 Å². The van der Waals surface area contributed by atoms with Crippen LogP contribution in [-0.4, -0.2) is 48.8 Å². The number of amides is 1. The molecule has 2 aliphatic rings. The van der Waals surface area contributed by atoms with E-state index in [1.165, 1.54) is 22.0 Å². The van der Waals surface area contributed by atoms with Gasteiger partial charge in [0.2, 0.25) is 0 Å². The fourth-order valence-electron chi connectivity index (χ4n) is 4.61. The molecule has 1 saturated heterocycles. The van der Waals surface area contributed by atoms with Gasteiger partial charge in [-0.3, -0.25) is 0 Å². The van der Waals surface area contributed by atoms with E-state index in [1.807, 2.05) is 6.92 Å². The lowest BCUT2D eigenvalue weighted by Crippen LogP contribution is -2.50. The van der Waals surface area contributed by atoms with E-state index in [-0.39, 0.29) is 6.09 Å². The third kappa shape index (κ3) is 2.57. The van der Waals surface area contributed by atoms with Crippen LogP contribution in [0.5, 0.6) is 0 Å². The number of hydrogen-bond acceptors (Lipinski definition) is 3. The smallest absolute Gasteiger partial charge is 0.407 e. The fourth-order valence-corrected chi connectivity index (χ4v) is 4.61. The molecule has 0 saturated carbocycles. The van der Waals surface area contributed by atoms with E-state index < -0.39 is 0 Å². The minimum absolute atomic E-state index is 0.305. The molecule has 2 aromatic rings. The summed E-state index contributed by atoms with van der Waals surface area (Å²) in [6.07, 6.45) is 4.09. The summed E-state index contributed by atoms with van der Waals surface area (Å²) in [6.45, 7) is 3.95. The fraction of sp³-hybridized carbons (Fsp3) is 0.526. The minimum Gasteiger partial charge on any atom is -0.450 e. The normalized spacial score (nSPS) is 26.2. The van der Waals surface area contributed by atoms with E-state index in [0.29, 0.717) is 31.0 Å². The SMILES string of the molecule is CCOC(=O)NC[C@@H]1CC2c3cccc4[nH]cc(c34)C[C@H]2N(C)C1. The molecular weight excluding hydrogens is 302 g/mol. The summed E-state index contributed by atoms with van der Waals surface area (Å²) in [5.74, 6) is 0.987. The molecule has 3 atom stereocenters. The maximum absolute atomic E-state index is 11.6. The molecule has 128 valence electrons. The summed E-state index contributed by atoms with van der Waals surface area (Å²) in [4.78, 5) is 17.5. The van der Waals surface area contributed by atoms with Crippen LogP contribution in [0.25, 0.3) is 10.9 Å². The van der Waals surface area contributed by atoms with Crippen molar-refractivity contribution in [1.29, 1.82) is 0 Å². The van der Waals surface area contributed by atoms with E-state index in [4.69, 9.17) is 4.74 Å². The van der Waals surface area contributed by atoms with Crippen molar-refractivity contribution >= 4 is 17.0 Å². The number of H-pyrrole nitrogens is 1. The van der Waals surface area contributed by atoms with Gasteiger partial charge in [0, 0.05) is 42.1 Å². The number of likely N-dealkylation sites (tertiary alicyclic amines) is 1. The minimum atomic E-state index is -0.305. The van der Waals surface area contributed by atoms with Crippen LogP contribution < -0.4 is 5.32 Å². The number of carbonyl (C=O) groups is 1. The highest BCUT2D eigenvalue weighted by Crippen LogP contribution is 2.44. The van der Waals surface area contributed by atoms with Gasteiger partial charge in [0.15, 0.2) is 0 Å². The zero-order chi connectivity index (χ0) is 16.7. The van der Waals surface area contributed by atoms with Crippen LogP contribution in [0, 0.1) is 5.92 Å². The molecule has 0 radical (unpaired) electrons. The molecule has 4 rings (SSSR count). The summed E-state index contributed by atoms with van der Waals surface area (Å²) in [7, 11) is 2.21. The summed E-state index contributed by atoms with van der Waals surface area (Å²) < 4.78 is 4.98. The Morgan fingerprint density at radius 1 is 1.46 bits per heavy atom. The number of alkyl carbamates (subject to hydrolysis) is 1. The highest BCUT2D eigenvalue weighted by molar-refractivity contribution is 5.88. The molecule has 0 spiro atoms. The van der Waals surface area contributed by atoms with Gasteiger partial charge in [-0.2, -0.15) is 0 Å². The first-order valence-corrected chi connectivity index (χ1v) is 8.87. The molecule has 1 aromatic heterocycles. The first-order valence-electron chi connectivity index (χ1n) is 8.87. The van der Waals surface area contributed by atoms with Crippen molar-refractivity contribution in [1.82, 2.24) is 15.2 Å². The van der Waals surface area contributed by atoms with Crippen molar-refractivity contribution in [3.05, 3.63) is 35.5 Å². The van der Waals surface area contributed by atoms with Crippen LogP contribution in [0.1, 0.15) is 30.4 Å². The molecule has 5 heteroatoms. The van der Waals surface area contributed by atoms with Crippen molar-refractivity contribution in [2.24, 2.45) is 5.92 Å². The van der Waals surface area contributed by atoms with Crippen molar-refractivity contribution in [3.63, 3.8) is 0 Å². The maximum Gasteiger partial charge on any atom is 0.407 e. The second-order valence-electron chi connectivity index (χ2n) is 7.10.